The van der Waals surface area contributed by atoms with Crippen LogP contribution in [0, 0.1) is 16.4 Å². The molecule has 72 valence electrons. The van der Waals surface area contributed by atoms with E-state index in [1.165, 1.54) is 12.1 Å². The number of benzene rings is 1. The predicted molar refractivity (Wildman–Crippen MR) is 63.2 cm³/mol. The average molecular weight is 301 g/mol. The molecule has 1 heterocycles. The summed E-state index contributed by atoms with van der Waals surface area (Å²) in [5.74, 6) is -0.200. The first-order valence-corrected chi connectivity index (χ1v) is 5.36. The number of halogens is 2. The Morgan fingerprint density at radius 3 is 2.21 bits per heavy atom. The van der Waals surface area contributed by atoms with Gasteiger partial charge < -0.3 is 4.57 Å². The Bertz CT molecular complexity index is 425. The molecule has 0 N–H and O–H groups in total. The monoisotopic (exact) mass is 301 g/mol. The summed E-state index contributed by atoms with van der Waals surface area (Å²) in [6, 6.07) is 10.6. The quantitative estimate of drug-likeness (QED) is 0.710. The van der Waals surface area contributed by atoms with Gasteiger partial charge in [-0.15, -0.1) is 0 Å². The normalized spacial score (nSPS) is 10.5. The van der Waals surface area contributed by atoms with Crippen LogP contribution >= 0.6 is 22.6 Å². The van der Waals surface area contributed by atoms with Crippen LogP contribution in [0.1, 0.15) is 5.69 Å². The van der Waals surface area contributed by atoms with Gasteiger partial charge in [-0.3, -0.25) is 0 Å². The number of rotatable bonds is 1. The lowest BCUT2D eigenvalue weighted by atomic mass is 10.3. The van der Waals surface area contributed by atoms with E-state index in [-0.39, 0.29) is 5.82 Å². The van der Waals surface area contributed by atoms with Crippen molar-refractivity contribution in [1.82, 2.24) is 4.57 Å². The Labute approximate surface area is 95.7 Å². The molecule has 0 aliphatic heterocycles. The van der Waals surface area contributed by atoms with Crippen molar-refractivity contribution in [2.24, 2.45) is 0 Å². The molecule has 0 bridgehead atoms. The van der Waals surface area contributed by atoms with Gasteiger partial charge in [-0.25, -0.2) is 4.39 Å². The molecule has 0 spiro atoms. The molecule has 0 aliphatic rings. The molecule has 0 saturated carbocycles. The second-order valence-corrected chi connectivity index (χ2v) is 4.21. The SMILES string of the molecule is Cc1ccc(I)n1-c1ccc(F)cc1. The van der Waals surface area contributed by atoms with Crippen LogP contribution in [0.4, 0.5) is 4.39 Å². The zero-order chi connectivity index (χ0) is 10.1. The molecule has 0 fully saturated rings. The van der Waals surface area contributed by atoms with Crippen molar-refractivity contribution in [3.8, 4) is 5.69 Å². The second kappa shape index (κ2) is 3.73. The van der Waals surface area contributed by atoms with Crippen LogP contribution in [0.3, 0.4) is 0 Å². The lowest BCUT2D eigenvalue weighted by molar-refractivity contribution is 0.627. The number of aromatic nitrogens is 1. The van der Waals surface area contributed by atoms with Crippen LogP contribution < -0.4 is 0 Å². The van der Waals surface area contributed by atoms with E-state index in [2.05, 4.69) is 27.2 Å². The van der Waals surface area contributed by atoms with E-state index in [0.717, 1.165) is 15.1 Å². The van der Waals surface area contributed by atoms with Gasteiger partial charge in [0.15, 0.2) is 0 Å². The van der Waals surface area contributed by atoms with Gasteiger partial charge in [-0.05, 0) is 65.9 Å². The third kappa shape index (κ3) is 1.68. The van der Waals surface area contributed by atoms with Gasteiger partial charge in [0.05, 0.1) is 3.70 Å². The highest BCUT2D eigenvalue weighted by molar-refractivity contribution is 14.1. The molecular formula is C11H9FIN. The molecular weight excluding hydrogens is 292 g/mol. The van der Waals surface area contributed by atoms with E-state index in [4.69, 9.17) is 0 Å². The summed E-state index contributed by atoms with van der Waals surface area (Å²) >= 11 is 2.26. The predicted octanol–water partition coefficient (Wildman–Crippen LogP) is 3.53. The Kier molecular flexibility index (Phi) is 2.58. The van der Waals surface area contributed by atoms with E-state index in [1.54, 1.807) is 12.1 Å². The van der Waals surface area contributed by atoms with Crippen LogP contribution in [-0.2, 0) is 0 Å². The average Bonchev–Trinajstić information content (AvgIpc) is 2.49. The number of hydrogen-bond donors (Lipinski definition) is 0. The van der Waals surface area contributed by atoms with Crippen molar-refractivity contribution >= 4 is 22.6 Å². The molecule has 0 unspecified atom stereocenters. The van der Waals surface area contributed by atoms with E-state index >= 15 is 0 Å². The van der Waals surface area contributed by atoms with Crippen molar-refractivity contribution in [3.05, 3.63) is 51.6 Å². The summed E-state index contributed by atoms with van der Waals surface area (Å²) in [5, 5.41) is 0. The maximum Gasteiger partial charge on any atom is 0.123 e. The fraction of sp³-hybridized carbons (Fsp3) is 0.0909. The largest absolute Gasteiger partial charge is 0.309 e. The minimum absolute atomic E-state index is 0.200. The first-order valence-electron chi connectivity index (χ1n) is 4.28. The van der Waals surface area contributed by atoms with Gasteiger partial charge in [-0.2, -0.15) is 0 Å². The number of aryl methyl sites for hydroxylation is 1. The fourth-order valence-electron chi connectivity index (χ4n) is 1.42. The molecule has 2 rings (SSSR count). The maximum atomic E-state index is 12.7. The smallest absolute Gasteiger partial charge is 0.123 e. The standard InChI is InChI=1S/C11H9FIN/c1-8-2-7-11(13)14(8)10-5-3-9(12)4-6-10/h2-7H,1H3. The van der Waals surface area contributed by atoms with E-state index < -0.39 is 0 Å². The highest BCUT2D eigenvalue weighted by Gasteiger charge is 2.03. The molecule has 0 saturated heterocycles. The Morgan fingerprint density at radius 1 is 1.07 bits per heavy atom. The zero-order valence-electron chi connectivity index (χ0n) is 7.67. The van der Waals surface area contributed by atoms with Crippen LogP contribution in [0.5, 0.6) is 0 Å². The molecule has 1 nitrogen and oxygen atoms in total. The van der Waals surface area contributed by atoms with Crippen molar-refractivity contribution in [2.45, 2.75) is 6.92 Å². The van der Waals surface area contributed by atoms with Crippen molar-refractivity contribution < 1.29 is 4.39 Å². The maximum absolute atomic E-state index is 12.7. The van der Waals surface area contributed by atoms with Crippen molar-refractivity contribution in [3.63, 3.8) is 0 Å². The number of nitrogens with zero attached hydrogens (tertiary/aromatic N) is 1. The topological polar surface area (TPSA) is 4.93 Å². The molecule has 0 aliphatic carbocycles. The van der Waals surface area contributed by atoms with Gasteiger partial charge in [0.25, 0.3) is 0 Å². The van der Waals surface area contributed by atoms with Crippen molar-refractivity contribution in [2.75, 3.05) is 0 Å². The van der Waals surface area contributed by atoms with E-state index in [0.29, 0.717) is 0 Å². The van der Waals surface area contributed by atoms with E-state index in [1.807, 2.05) is 19.1 Å². The molecule has 14 heavy (non-hydrogen) atoms. The summed E-state index contributed by atoms with van der Waals surface area (Å²) in [6.45, 7) is 2.03. The molecule has 0 radical (unpaired) electrons. The summed E-state index contributed by atoms with van der Waals surface area (Å²) in [4.78, 5) is 0. The first kappa shape index (κ1) is 9.71. The van der Waals surface area contributed by atoms with Crippen molar-refractivity contribution in [1.29, 1.82) is 0 Å². The van der Waals surface area contributed by atoms with Gasteiger partial charge in [0.2, 0.25) is 0 Å². The number of hydrogen-bond acceptors (Lipinski definition) is 0. The third-order valence-electron chi connectivity index (χ3n) is 2.11. The van der Waals surface area contributed by atoms with Gasteiger partial charge in [-0.1, -0.05) is 0 Å². The molecule has 1 aromatic carbocycles. The lowest BCUT2D eigenvalue weighted by Crippen LogP contribution is -1.98. The molecule has 3 heteroatoms. The first-order chi connectivity index (χ1) is 6.68. The molecule has 0 amide bonds. The molecule has 2 aromatic rings. The van der Waals surface area contributed by atoms with E-state index in [9.17, 15) is 4.39 Å². The van der Waals surface area contributed by atoms with Gasteiger partial charge in [0.1, 0.15) is 5.82 Å². The van der Waals surface area contributed by atoms with Crippen LogP contribution in [0.25, 0.3) is 5.69 Å². The zero-order valence-corrected chi connectivity index (χ0v) is 9.82. The summed E-state index contributed by atoms with van der Waals surface area (Å²) in [5.41, 5.74) is 2.15. The fourth-order valence-corrected chi connectivity index (χ4v) is 2.26. The van der Waals surface area contributed by atoms with Gasteiger partial charge in [0, 0.05) is 11.4 Å². The summed E-state index contributed by atoms with van der Waals surface area (Å²) < 4.78 is 15.9. The minimum Gasteiger partial charge on any atom is -0.309 e. The third-order valence-corrected chi connectivity index (χ3v) is 2.96. The highest BCUT2D eigenvalue weighted by Crippen LogP contribution is 2.18. The highest BCUT2D eigenvalue weighted by atomic mass is 127. The Balaban J connectivity index is 2.54. The lowest BCUT2D eigenvalue weighted by Gasteiger charge is -2.07. The Morgan fingerprint density at radius 2 is 1.71 bits per heavy atom. The Hall–Kier alpha value is -0.840. The second-order valence-electron chi connectivity index (χ2n) is 3.11. The van der Waals surface area contributed by atoms with Gasteiger partial charge >= 0.3 is 0 Å². The van der Waals surface area contributed by atoms with Crippen LogP contribution in [0.15, 0.2) is 36.4 Å². The minimum atomic E-state index is -0.200. The molecule has 0 atom stereocenters. The summed E-state index contributed by atoms with van der Waals surface area (Å²) in [6.07, 6.45) is 0. The molecule has 1 aromatic heterocycles. The van der Waals surface area contributed by atoms with Crippen LogP contribution in [0.2, 0.25) is 0 Å². The van der Waals surface area contributed by atoms with Crippen LogP contribution in [-0.4, -0.2) is 4.57 Å². The summed E-state index contributed by atoms with van der Waals surface area (Å²) in [7, 11) is 0.